The maximum Gasteiger partial charge on any atom is 0.265 e. The van der Waals surface area contributed by atoms with Gasteiger partial charge >= 0.3 is 0 Å². The number of hydrogen-bond acceptors (Lipinski definition) is 4. The zero-order valence-electron chi connectivity index (χ0n) is 11.8. The number of halogens is 1. The highest BCUT2D eigenvalue weighted by Crippen LogP contribution is 2.24. The van der Waals surface area contributed by atoms with Crippen molar-refractivity contribution in [2.24, 2.45) is 0 Å². The van der Waals surface area contributed by atoms with Gasteiger partial charge in [0.2, 0.25) is 0 Å². The lowest BCUT2D eigenvalue weighted by atomic mass is 10.1. The Balaban J connectivity index is 2.16. The fourth-order valence-corrected chi connectivity index (χ4v) is 2.49. The summed E-state index contributed by atoms with van der Waals surface area (Å²) in [5.41, 5.74) is 0.718. The van der Waals surface area contributed by atoms with Crippen molar-refractivity contribution in [3.05, 3.63) is 51.2 Å². The van der Waals surface area contributed by atoms with Gasteiger partial charge in [0.15, 0.2) is 0 Å². The first-order valence-corrected chi connectivity index (χ1v) is 7.83. The molecule has 0 unspecified atom stereocenters. The van der Waals surface area contributed by atoms with Crippen LogP contribution in [-0.4, -0.2) is 29.6 Å². The standard InChI is InChI=1S/C15H15ClN2O3S/c1-9(8-19)17-14(20)10-4-5-11(16)12(7-10)18-15(21)13-3-2-6-22-13/h2-7,9,19H,8H2,1H3,(H,17,20)(H,18,21)/t9-/m0/s1. The molecule has 0 bridgehead atoms. The Morgan fingerprint density at radius 2 is 2.09 bits per heavy atom. The molecule has 0 saturated carbocycles. The van der Waals surface area contributed by atoms with Gasteiger partial charge in [-0.05, 0) is 36.6 Å². The maximum atomic E-state index is 12.0. The molecule has 0 aliphatic rings. The number of amides is 2. The highest BCUT2D eigenvalue weighted by atomic mass is 35.5. The number of aliphatic hydroxyl groups is 1. The van der Waals surface area contributed by atoms with Crippen molar-refractivity contribution >= 4 is 40.4 Å². The van der Waals surface area contributed by atoms with Crippen LogP contribution in [0.4, 0.5) is 5.69 Å². The Morgan fingerprint density at radius 1 is 1.32 bits per heavy atom. The smallest absolute Gasteiger partial charge is 0.265 e. The fourth-order valence-electron chi connectivity index (χ4n) is 1.71. The van der Waals surface area contributed by atoms with Crippen LogP contribution in [-0.2, 0) is 0 Å². The molecule has 2 amide bonds. The molecule has 1 aromatic heterocycles. The number of rotatable bonds is 5. The summed E-state index contributed by atoms with van der Waals surface area (Å²) in [5.74, 6) is -0.622. The lowest BCUT2D eigenvalue weighted by Gasteiger charge is -2.12. The van der Waals surface area contributed by atoms with Crippen molar-refractivity contribution in [2.75, 3.05) is 11.9 Å². The van der Waals surface area contributed by atoms with E-state index in [2.05, 4.69) is 10.6 Å². The highest BCUT2D eigenvalue weighted by molar-refractivity contribution is 7.12. The van der Waals surface area contributed by atoms with Gasteiger partial charge in [-0.1, -0.05) is 17.7 Å². The number of carbonyl (C=O) groups is 2. The summed E-state index contributed by atoms with van der Waals surface area (Å²) in [6, 6.07) is 7.74. The van der Waals surface area contributed by atoms with E-state index in [1.165, 1.54) is 17.4 Å². The van der Waals surface area contributed by atoms with Crippen molar-refractivity contribution in [1.82, 2.24) is 5.32 Å². The second-order valence-electron chi connectivity index (χ2n) is 4.68. The third-order valence-electron chi connectivity index (χ3n) is 2.87. The van der Waals surface area contributed by atoms with E-state index in [0.29, 0.717) is 21.2 Å². The van der Waals surface area contributed by atoms with Gasteiger partial charge in [0.1, 0.15) is 0 Å². The second kappa shape index (κ2) is 7.40. The number of thiophene rings is 1. The molecule has 1 atom stereocenters. The average molecular weight is 339 g/mol. The van der Waals surface area contributed by atoms with Crippen molar-refractivity contribution < 1.29 is 14.7 Å². The molecule has 7 heteroatoms. The minimum atomic E-state index is -0.354. The lowest BCUT2D eigenvalue weighted by Crippen LogP contribution is -2.35. The average Bonchev–Trinajstić information content (AvgIpc) is 3.03. The second-order valence-corrected chi connectivity index (χ2v) is 6.04. The van der Waals surface area contributed by atoms with Crippen LogP contribution < -0.4 is 10.6 Å². The zero-order chi connectivity index (χ0) is 16.1. The Kier molecular flexibility index (Phi) is 5.54. The van der Waals surface area contributed by atoms with Gasteiger partial charge in [0.05, 0.1) is 22.2 Å². The Hall–Kier alpha value is -1.89. The van der Waals surface area contributed by atoms with E-state index in [1.807, 2.05) is 0 Å². The predicted octanol–water partition coefficient (Wildman–Crippen LogP) is 2.76. The lowest BCUT2D eigenvalue weighted by molar-refractivity contribution is 0.0921. The van der Waals surface area contributed by atoms with Crippen LogP contribution in [0.2, 0.25) is 5.02 Å². The number of anilines is 1. The van der Waals surface area contributed by atoms with E-state index < -0.39 is 0 Å². The van der Waals surface area contributed by atoms with Crippen molar-refractivity contribution in [3.8, 4) is 0 Å². The SMILES string of the molecule is C[C@@H](CO)NC(=O)c1ccc(Cl)c(NC(=O)c2cccs2)c1. The Labute approximate surface area is 136 Å². The Morgan fingerprint density at radius 3 is 2.73 bits per heavy atom. The third-order valence-corrected chi connectivity index (χ3v) is 4.07. The number of hydrogen-bond donors (Lipinski definition) is 3. The molecule has 2 rings (SSSR count). The normalized spacial score (nSPS) is 11.8. The maximum absolute atomic E-state index is 12.0. The number of benzene rings is 1. The van der Waals surface area contributed by atoms with Crippen molar-refractivity contribution in [1.29, 1.82) is 0 Å². The van der Waals surface area contributed by atoms with E-state index in [1.54, 1.807) is 36.6 Å². The number of nitrogens with one attached hydrogen (secondary N) is 2. The first-order chi connectivity index (χ1) is 10.5. The molecule has 0 radical (unpaired) electrons. The quantitative estimate of drug-likeness (QED) is 0.784. The van der Waals surface area contributed by atoms with Gasteiger partial charge in [-0.2, -0.15) is 0 Å². The minimum absolute atomic E-state index is 0.151. The summed E-state index contributed by atoms with van der Waals surface area (Å²) in [5, 5.41) is 16.4. The van der Waals surface area contributed by atoms with Gasteiger partial charge in [0, 0.05) is 11.6 Å². The van der Waals surface area contributed by atoms with Crippen LogP contribution in [0.25, 0.3) is 0 Å². The van der Waals surface area contributed by atoms with E-state index in [9.17, 15) is 9.59 Å². The molecule has 5 nitrogen and oxygen atoms in total. The summed E-state index contributed by atoms with van der Waals surface area (Å²) < 4.78 is 0. The van der Waals surface area contributed by atoms with E-state index >= 15 is 0 Å². The molecule has 0 aliphatic heterocycles. The van der Waals surface area contributed by atoms with Crippen LogP contribution in [0.3, 0.4) is 0 Å². The molecule has 0 spiro atoms. The molecular formula is C15H15ClN2O3S. The van der Waals surface area contributed by atoms with Gasteiger partial charge in [-0.3, -0.25) is 9.59 Å². The van der Waals surface area contributed by atoms with E-state index in [-0.39, 0.29) is 24.5 Å². The summed E-state index contributed by atoms with van der Waals surface area (Å²) in [6.07, 6.45) is 0. The Bertz CT molecular complexity index is 673. The largest absolute Gasteiger partial charge is 0.394 e. The summed E-state index contributed by atoms with van der Waals surface area (Å²) >= 11 is 7.37. The molecule has 22 heavy (non-hydrogen) atoms. The molecule has 2 aromatic rings. The first-order valence-electron chi connectivity index (χ1n) is 6.57. The van der Waals surface area contributed by atoms with Gasteiger partial charge < -0.3 is 15.7 Å². The molecule has 3 N–H and O–H groups in total. The summed E-state index contributed by atoms with van der Waals surface area (Å²) in [7, 11) is 0. The van der Waals surface area contributed by atoms with Gasteiger partial charge in [0.25, 0.3) is 11.8 Å². The summed E-state index contributed by atoms with van der Waals surface area (Å²) in [6.45, 7) is 1.54. The van der Waals surface area contributed by atoms with E-state index in [4.69, 9.17) is 16.7 Å². The first kappa shape index (κ1) is 16.5. The third kappa shape index (κ3) is 4.07. The van der Waals surface area contributed by atoms with Crippen molar-refractivity contribution in [2.45, 2.75) is 13.0 Å². The van der Waals surface area contributed by atoms with Crippen molar-refractivity contribution in [3.63, 3.8) is 0 Å². The fraction of sp³-hybridized carbons (Fsp3) is 0.200. The predicted molar refractivity (Wildman–Crippen MR) is 87.7 cm³/mol. The molecule has 0 saturated heterocycles. The van der Waals surface area contributed by atoms with Crippen LogP contribution in [0.1, 0.15) is 27.0 Å². The zero-order valence-corrected chi connectivity index (χ0v) is 13.4. The minimum Gasteiger partial charge on any atom is -0.394 e. The molecule has 116 valence electrons. The molecule has 1 heterocycles. The monoisotopic (exact) mass is 338 g/mol. The highest BCUT2D eigenvalue weighted by Gasteiger charge is 2.14. The van der Waals surface area contributed by atoms with E-state index in [0.717, 1.165) is 0 Å². The number of carbonyl (C=O) groups excluding carboxylic acids is 2. The van der Waals surface area contributed by atoms with Crippen LogP contribution in [0, 0.1) is 0 Å². The topological polar surface area (TPSA) is 78.4 Å². The molecule has 1 aromatic carbocycles. The van der Waals surface area contributed by atoms with Crippen LogP contribution in [0.15, 0.2) is 35.7 Å². The van der Waals surface area contributed by atoms with Gasteiger partial charge in [-0.15, -0.1) is 11.3 Å². The van der Waals surface area contributed by atoms with Gasteiger partial charge in [-0.25, -0.2) is 0 Å². The number of aliphatic hydroxyl groups excluding tert-OH is 1. The van der Waals surface area contributed by atoms with Crippen LogP contribution >= 0.6 is 22.9 Å². The molecular weight excluding hydrogens is 324 g/mol. The molecule has 0 aliphatic carbocycles. The summed E-state index contributed by atoms with van der Waals surface area (Å²) in [4.78, 5) is 24.6. The molecule has 0 fully saturated rings. The van der Waals surface area contributed by atoms with Crippen LogP contribution in [0.5, 0.6) is 0 Å².